The molecular formula is C22H18O3. The van der Waals surface area contributed by atoms with Gasteiger partial charge in [-0.1, -0.05) is 67.6 Å². The van der Waals surface area contributed by atoms with Gasteiger partial charge in [-0.05, 0) is 23.4 Å². The van der Waals surface area contributed by atoms with Crippen LogP contribution in [0.4, 0.5) is 0 Å². The van der Waals surface area contributed by atoms with Crippen LogP contribution >= 0.6 is 0 Å². The van der Waals surface area contributed by atoms with Crippen LogP contribution in [-0.2, 0) is 0 Å². The van der Waals surface area contributed by atoms with Crippen LogP contribution in [0, 0.1) is 0 Å². The first kappa shape index (κ1) is 15.5. The van der Waals surface area contributed by atoms with E-state index in [1.165, 1.54) is 0 Å². The Morgan fingerprint density at radius 2 is 1.64 bits per heavy atom. The highest BCUT2D eigenvalue weighted by Crippen LogP contribution is 2.37. The molecule has 1 aromatic heterocycles. The Balaban J connectivity index is 2.03. The smallest absolute Gasteiger partial charge is 0.343 e. The third-order valence-electron chi connectivity index (χ3n) is 4.76. The van der Waals surface area contributed by atoms with Gasteiger partial charge in [-0.15, -0.1) is 0 Å². The quantitative estimate of drug-likeness (QED) is 0.415. The summed E-state index contributed by atoms with van der Waals surface area (Å²) < 4.78 is 5.68. The van der Waals surface area contributed by atoms with Crippen molar-refractivity contribution < 1.29 is 9.52 Å². The molecular weight excluding hydrogens is 312 g/mol. The average molecular weight is 330 g/mol. The molecule has 0 aliphatic heterocycles. The van der Waals surface area contributed by atoms with Crippen LogP contribution in [0.3, 0.4) is 0 Å². The molecule has 0 aliphatic rings. The maximum atomic E-state index is 12.7. The fourth-order valence-corrected chi connectivity index (χ4v) is 3.53. The van der Waals surface area contributed by atoms with Crippen molar-refractivity contribution >= 4 is 21.7 Å². The zero-order valence-electron chi connectivity index (χ0n) is 13.9. The number of rotatable bonds is 3. The van der Waals surface area contributed by atoms with Crippen LogP contribution < -0.4 is 5.63 Å². The number of hydrogen-bond donors (Lipinski definition) is 1. The summed E-state index contributed by atoms with van der Waals surface area (Å²) in [6.07, 6.45) is 0.696. The summed E-state index contributed by atoms with van der Waals surface area (Å²) in [5.41, 5.74) is 1.29. The van der Waals surface area contributed by atoms with E-state index in [0.29, 0.717) is 23.0 Å². The van der Waals surface area contributed by atoms with E-state index >= 15 is 0 Å². The summed E-state index contributed by atoms with van der Waals surface area (Å²) >= 11 is 0. The van der Waals surface area contributed by atoms with Crippen molar-refractivity contribution in [2.45, 2.75) is 19.3 Å². The fourth-order valence-electron chi connectivity index (χ4n) is 3.53. The van der Waals surface area contributed by atoms with E-state index in [9.17, 15) is 9.90 Å². The van der Waals surface area contributed by atoms with Crippen LogP contribution in [0.15, 0.2) is 75.9 Å². The van der Waals surface area contributed by atoms with E-state index in [0.717, 1.165) is 16.3 Å². The van der Waals surface area contributed by atoms with Crippen molar-refractivity contribution in [1.82, 2.24) is 0 Å². The highest BCUT2D eigenvalue weighted by Gasteiger charge is 2.23. The summed E-state index contributed by atoms with van der Waals surface area (Å²) in [5.74, 6) is -0.180. The summed E-state index contributed by atoms with van der Waals surface area (Å²) in [6.45, 7) is 2.00. The second-order valence-corrected chi connectivity index (χ2v) is 6.19. The lowest BCUT2D eigenvalue weighted by Crippen LogP contribution is -2.14. The molecule has 3 nitrogen and oxygen atoms in total. The molecule has 3 heteroatoms. The van der Waals surface area contributed by atoms with Crippen LogP contribution in [0.25, 0.3) is 21.7 Å². The minimum atomic E-state index is -0.475. The van der Waals surface area contributed by atoms with E-state index in [2.05, 4.69) is 0 Å². The molecule has 0 saturated heterocycles. The lowest BCUT2D eigenvalue weighted by Gasteiger charge is -2.17. The number of aromatic hydroxyl groups is 1. The largest absolute Gasteiger partial charge is 0.507 e. The number of hydrogen-bond acceptors (Lipinski definition) is 3. The predicted octanol–water partition coefficient (Wildman–Crippen LogP) is 5.19. The molecule has 1 unspecified atom stereocenters. The lowest BCUT2D eigenvalue weighted by molar-refractivity contribution is 0.450. The van der Waals surface area contributed by atoms with Gasteiger partial charge in [0.15, 0.2) is 0 Å². The topological polar surface area (TPSA) is 50.4 Å². The van der Waals surface area contributed by atoms with Gasteiger partial charge in [0.25, 0.3) is 0 Å². The first-order chi connectivity index (χ1) is 12.2. The molecule has 1 atom stereocenters. The summed E-state index contributed by atoms with van der Waals surface area (Å²) in [5, 5.41) is 13.3. The first-order valence-electron chi connectivity index (χ1n) is 8.43. The van der Waals surface area contributed by atoms with Crippen molar-refractivity contribution in [2.24, 2.45) is 0 Å². The van der Waals surface area contributed by atoms with Crippen molar-refractivity contribution in [1.29, 1.82) is 0 Å². The van der Waals surface area contributed by atoms with E-state index in [1.54, 1.807) is 0 Å². The Morgan fingerprint density at radius 1 is 0.920 bits per heavy atom. The average Bonchev–Trinajstić information content (AvgIpc) is 2.65. The van der Waals surface area contributed by atoms with Gasteiger partial charge in [-0.2, -0.15) is 0 Å². The summed E-state index contributed by atoms with van der Waals surface area (Å²) in [7, 11) is 0. The molecule has 4 aromatic rings. The highest BCUT2D eigenvalue weighted by molar-refractivity contribution is 6.06. The minimum absolute atomic E-state index is 0.0210. The zero-order valence-corrected chi connectivity index (χ0v) is 13.9. The van der Waals surface area contributed by atoms with Crippen molar-refractivity contribution in [3.63, 3.8) is 0 Å². The van der Waals surface area contributed by atoms with Crippen LogP contribution in [0.5, 0.6) is 5.75 Å². The molecule has 0 amide bonds. The van der Waals surface area contributed by atoms with E-state index in [1.807, 2.05) is 73.7 Å². The maximum absolute atomic E-state index is 12.7. The van der Waals surface area contributed by atoms with Crippen molar-refractivity contribution in [3.05, 3.63) is 88.3 Å². The third kappa shape index (κ3) is 2.49. The minimum Gasteiger partial charge on any atom is -0.507 e. The Morgan fingerprint density at radius 3 is 2.40 bits per heavy atom. The molecule has 4 rings (SSSR count). The second-order valence-electron chi connectivity index (χ2n) is 6.19. The summed E-state index contributed by atoms with van der Waals surface area (Å²) in [4.78, 5) is 12.7. The molecule has 0 aliphatic carbocycles. The standard InChI is InChI=1S/C22H18O3/c1-2-16(14-8-4-3-5-9-14)19-20(23)18-13-12-15-10-6-7-11-17(15)21(18)25-22(19)24/h3-13,16,23H,2H2,1H3. The molecule has 25 heavy (non-hydrogen) atoms. The van der Waals surface area contributed by atoms with Gasteiger partial charge in [0.05, 0.1) is 10.9 Å². The van der Waals surface area contributed by atoms with Crippen LogP contribution in [0.1, 0.15) is 30.4 Å². The van der Waals surface area contributed by atoms with Gasteiger partial charge < -0.3 is 9.52 Å². The van der Waals surface area contributed by atoms with Crippen LogP contribution in [-0.4, -0.2) is 5.11 Å². The molecule has 1 heterocycles. The van der Waals surface area contributed by atoms with Gasteiger partial charge >= 0.3 is 5.63 Å². The highest BCUT2D eigenvalue weighted by atomic mass is 16.4. The number of benzene rings is 3. The van der Waals surface area contributed by atoms with Gasteiger partial charge in [0, 0.05) is 11.3 Å². The van der Waals surface area contributed by atoms with Gasteiger partial charge in [0.2, 0.25) is 0 Å². The fraction of sp³-hybridized carbons (Fsp3) is 0.136. The van der Waals surface area contributed by atoms with E-state index in [-0.39, 0.29) is 11.7 Å². The predicted molar refractivity (Wildman–Crippen MR) is 100 cm³/mol. The zero-order chi connectivity index (χ0) is 17.4. The lowest BCUT2D eigenvalue weighted by atomic mass is 9.88. The van der Waals surface area contributed by atoms with Crippen molar-refractivity contribution in [3.8, 4) is 5.75 Å². The Bertz CT molecular complexity index is 1110. The molecule has 3 aromatic carbocycles. The van der Waals surface area contributed by atoms with Crippen LogP contribution in [0.2, 0.25) is 0 Å². The Hall–Kier alpha value is -3.07. The number of fused-ring (bicyclic) bond motifs is 3. The first-order valence-corrected chi connectivity index (χ1v) is 8.43. The van der Waals surface area contributed by atoms with Gasteiger partial charge in [0.1, 0.15) is 11.3 Å². The second kappa shape index (κ2) is 6.10. The van der Waals surface area contributed by atoms with Gasteiger partial charge in [-0.3, -0.25) is 0 Å². The van der Waals surface area contributed by atoms with E-state index < -0.39 is 5.63 Å². The molecule has 1 N–H and O–H groups in total. The van der Waals surface area contributed by atoms with E-state index in [4.69, 9.17) is 4.42 Å². The maximum Gasteiger partial charge on any atom is 0.343 e. The molecule has 0 spiro atoms. The molecule has 0 bridgehead atoms. The Kier molecular flexibility index (Phi) is 3.77. The molecule has 0 radical (unpaired) electrons. The SMILES string of the molecule is CCC(c1ccccc1)c1c(O)c2ccc3ccccc3c2oc1=O. The summed E-state index contributed by atoms with van der Waals surface area (Å²) in [6, 6.07) is 21.2. The monoisotopic (exact) mass is 330 g/mol. The third-order valence-corrected chi connectivity index (χ3v) is 4.76. The normalized spacial score (nSPS) is 12.5. The molecule has 0 fully saturated rings. The van der Waals surface area contributed by atoms with Gasteiger partial charge in [-0.25, -0.2) is 4.79 Å². The molecule has 0 saturated carbocycles. The Labute approximate surface area is 145 Å². The van der Waals surface area contributed by atoms with Crippen molar-refractivity contribution in [2.75, 3.05) is 0 Å². The molecule has 124 valence electrons.